The third kappa shape index (κ3) is 3.43. The van der Waals surface area contributed by atoms with Gasteiger partial charge in [0.25, 0.3) is 0 Å². The van der Waals surface area contributed by atoms with E-state index >= 15 is 0 Å². The second-order valence-electron chi connectivity index (χ2n) is 4.60. The maximum absolute atomic E-state index is 13.3. The van der Waals surface area contributed by atoms with Crippen molar-refractivity contribution in [2.75, 3.05) is 5.32 Å². The predicted molar refractivity (Wildman–Crippen MR) is 66.8 cm³/mol. The summed E-state index contributed by atoms with van der Waals surface area (Å²) < 4.78 is 13.3. The average Bonchev–Trinajstić information content (AvgIpc) is 2.32. The Morgan fingerprint density at radius 3 is 2.83 bits per heavy atom. The molecular formula is C13H17FN2O2. The van der Waals surface area contributed by atoms with Gasteiger partial charge in [0.1, 0.15) is 5.82 Å². The molecule has 0 aromatic heterocycles. The summed E-state index contributed by atoms with van der Waals surface area (Å²) in [5.74, 6) is -0.462. The zero-order valence-corrected chi connectivity index (χ0v) is 10.0. The van der Waals surface area contributed by atoms with Crippen molar-refractivity contribution >= 4 is 11.7 Å². The van der Waals surface area contributed by atoms with Crippen LogP contribution in [0.4, 0.5) is 14.9 Å². The van der Waals surface area contributed by atoms with Crippen LogP contribution in [0.5, 0.6) is 0 Å². The van der Waals surface area contributed by atoms with Crippen molar-refractivity contribution in [3.8, 4) is 0 Å². The first-order valence-corrected chi connectivity index (χ1v) is 6.15. The lowest BCUT2D eigenvalue weighted by Gasteiger charge is -2.26. The molecule has 0 aliphatic heterocycles. The first-order chi connectivity index (χ1) is 8.65. The van der Waals surface area contributed by atoms with Gasteiger partial charge in [0.15, 0.2) is 0 Å². The van der Waals surface area contributed by atoms with Gasteiger partial charge >= 0.3 is 6.03 Å². The zero-order valence-electron chi connectivity index (χ0n) is 10.0. The monoisotopic (exact) mass is 252 g/mol. The Bertz CT molecular complexity index is 425. The molecule has 0 spiro atoms. The normalized spacial score (nSPS) is 23.4. The quantitative estimate of drug-likeness (QED) is 0.756. The first-order valence-electron chi connectivity index (χ1n) is 6.15. The molecule has 1 aromatic rings. The van der Waals surface area contributed by atoms with Gasteiger partial charge in [-0.1, -0.05) is 12.1 Å². The highest BCUT2D eigenvalue weighted by Gasteiger charge is 2.21. The lowest BCUT2D eigenvalue weighted by Crippen LogP contribution is -2.42. The van der Waals surface area contributed by atoms with E-state index in [0.29, 0.717) is 6.42 Å². The van der Waals surface area contributed by atoms with Gasteiger partial charge in [-0.2, -0.15) is 0 Å². The number of hydrogen-bond acceptors (Lipinski definition) is 2. The van der Waals surface area contributed by atoms with E-state index in [-0.39, 0.29) is 17.8 Å². The molecule has 0 heterocycles. The summed E-state index contributed by atoms with van der Waals surface area (Å²) in [6, 6.07) is 5.54. The number of carbonyl (C=O) groups is 1. The molecule has 0 radical (unpaired) electrons. The Morgan fingerprint density at radius 1 is 1.33 bits per heavy atom. The number of hydrogen-bond donors (Lipinski definition) is 3. The van der Waals surface area contributed by atoms with Crippen molar-refractivity contribution in [3.05, 3.63) is 30.1 Å². The second-order valence-corrected chi connectivity index (χ2v) is 4.60. The van der Waals surface area contributed by atoms with E-state index in [1.54, 1.807) is 12.1 Å². The zero-order chi connectivity index (χ0) is 13.0. The van der Waals surface area contributed by atoms with Crippen molar-refractivity contribution in [1.29, 1.82) is 0 Å². The summed E-state index contributed by atoms with van der Waals surface area (Å²) in [6.07, 6.45) is 2.74. The number of para-hydroxylation sites is 1. The number of aliphatic hydroxyl groups is 1. The fourth-order valence-electron chi connectivity index (χ4n) is 2.20. The molecule has 1 saturated carbocycles. The molecule has 0 unspecified atom stereocenters. The van der Waals surface area contributed by atoms with E-state index < -0.39 is 11.8 Å². The Hall–Kier alpha value is -1.62. The molecule has 1 fully saturated rings. The number of halogens is 1. The minimum atomic E-state index is -0.462. The van der Waals surface area contributed by atoms with E-state index in [2.05, 4.69) is 10.6 Å². The molecule has 3 N–H and O–H groups in total. The molecule has 0 bridgehead atoms. The maximum Gasteiger partial charge on any atom is 0.319 e. The Balaban J connectivity index is 1.87. The Labute approximate surface area is 105 Å². The molecule has 2 atom stereocenters. The predicted octanol–water partition coefficient (Wildman–Crippen LogP) is 2.25. The van der Waals surface area contributed by atoms with Crippen LogP contribution in [0.1, 0.15) is 25.7 Å². The molecule has 0 saturated heterocycles. The summed E-state index contributed by atoms with van der Waals surface area (Å²) in [5.41, 5.74) is 0.159. The van der Waals surface area contributed by atoms with Gasteiger partial charge in [0, 0.05) is 6.04 Å². The van der Waals surface area contributed by atoms with E-state index in [4.69, 9.17) is 0 Å². The fraction of sp³-hybridized carbons (Fsp3) is 0.462. The summed E-state index contributed by atoms with van der Waals surface area (Å²) >= 11 is 0. The molecule has 1 aliphatic carbocycles. The number of aliphatic hydroxyl groups excluding tert-OH is 1. The van der Waals surface area contributed by atoms with Crippen molar-refractivity contribution in [2.45, 2.75) is 37.8 Å². The first kappa shape index (κ1) is 12.8. The van der Waals surface area contributed by atoms with Gasteiger partial charge in [0.2, 0.25) is 0 Å². The van der Waals surface area contributed by atoms with Crippen LogP contribution in [0.15, 0.2) is 24.3 Å². The number of amides is 2. The minimum absolute atomic E-state index is 0.0412. The topological polar surface area (TPSA) is 61.4 Å². The SMILES string of the molecule is O=C(Nc1ccccc1F)N[C@@H]1CCC[C@@H](O)C1. The van der Waals surface area contributed by atoms with Crippen LogP contribution in [0.3, 0.4) is 0 Å². The Morgan fingerprint density at radius 2 is 2.11 bits per heavy atom. The minimum Gasteiger partial charge on any atom is -0.393 e. The number of rotatable bonds is 2. The highest BCUT2D eigenvalue weighted by atomic mass is 19.1. The van der Waals surface area contributed by atoms with Crippen LogP contribution in [0.25, 0.3) is 0 Å². The van der Waals surface area contributed by atoms with Gasteiger partial charge in [-0.3, -0.25) is 0 Å². The smallest absolute Gasteiger partial charge is 0.319 e. The van der Waals surface area contributed by atoms with Gasteiger partial charge in [-0.05, 0) is 37.8 Å². The standard InChI is InChI=1S/C13H17FN2O2/c14-11-6-1-2-7-12(11)16-13(18)15-9-4-3-5-10(17)8-9/h1-2,6-7,9-10,17H,3-5,8H2,(H2,15,16,18)/t9-,10-/m1/s1. The van der Waals surface area contributed by atoms with Crippen LogP contribution < -0.4 is 10.6 Å². The molecule has 4 nitrogen and oxygen atoms in total. The second kappa shape index (κ2) is 5.82. The fourth-order valence-corrected chi connectivity index (χ4v) is 2.20. The molecule has 1 aliphatic rings. The van der Waals surface area contributed by atoms with Crippen molar-refractivity contribution in [3.63, 3.8) is 0 Å². The number of anilines is 1. The lowest BCUT2D eigenvalue weighted by molar-refractivity contribution is 0.114. The molecule has 98 valence electrons. The highest BCUT2D eigenvalue weighted by molar-refractivity contribution is 5.89. The van der Waals surface area contributed by atoms with Crippen LogP contribution in [-0.4, -0.2) is 23.3 Å². The molecule has 18 heavy (non-hydrogen) atoms. The summed E-state index contributed by atoms with van der Waals surface area (Å²) in [6.45, 7) is 0. The molecule has 5 heteroatoms. The van der Waals surface area contributed by atoms with E-state index in [0.717, 1.165) is 19.3 Å². The van der Waals surface area contributed by atoms with Crippen molar-refractivity contribution < 1.29 is 14.3 Å². The number of carbonyl (C=O) groups excluding carboxylic acids is 1. The van der Waals surface area contributed by atoms with Crippen molar-refractivity contribution in [2.24, 2.45) is 0 Å². The number of nitrogens with one attached hydrogen (secondary N) is 2. The van der Waals surface area contributed by atoms with Crippen LogP contribution in [0.2, 0.25) is 0 Å². The van der Waals surface area contributed by atoms with Crippen LogP contribution >= 0.6 is 0 Å². The average molecular weight is 252 g/mol. The third-order valence-electron chi connectivity index (χ3n) is 3.10. The molecular weight excluding hydrogens is 235 g/mol. The highest BCUT2D eigenvalue weighted by Crippen LogP contribution is 2.18. The molecule has 2 amide bonds. The summed E-state index contributed by atoms with van der Waals surface area (Å²) in [5, 5.41) is 14.7. The lowest BCUT2D eigenvalue weighted by atomic mass is 9.93. The number of benzene rings is 1. The van der Waals surface area contributed by atoms with Crippen LogP contribution in [-0.2, 0) is 0 Å². The third-order valence-corrected chi connectivity index (χ3v) is 3.10. The van der Waals surface area contributed by atoms with Gasteiger partial charge in [-0.25, -0.2) is 9.18 Å². The number of urea groups is 1. The maximum atomic E-state index is 13.3. The summed E-state index contributed by atoms with van der Waals surface area (Å²) in [4.78, 5) is 11.7. The van der Waals surface area contributed by atoms with Gasteiger partial charge < -0.3 is 15.7 Å². The van der Waals surface area contributed by atoms with E-state index in [9.17, 15) is 14.3 Å². The summed E-state index contributed by atoms with van der Waals surface area (Å²) in [7, 11) is 0. The Kier molecular flexibility index (Phi) is 4.15. The molecule has 1 aromatic carbocycles. The largest absolute Gasteiger partial charge is 0.393 e. The van der Waals surface area contributed by atoms with E-state index in [1.807, 2.05) is 0 Å². The van der Waals surface area contributed by atoms with E-state index in [1.165, 1.54) is 12.1 Å². The van der Waals surface area contributed by atoms with Crippen molar-refractivity contribution in [1.82, 2.24) is 5.32 Å². The van der Waals surface area contributed by atoms with Gasteiger partial charge in [-0.15, -0.1) is 0 Å². The van der Waals surface area contributed by atoms with Crippen LogP contribution in [0, 0.1) is 5.82 Å². The molecule has 2 rings (SSSR count). The van der Waals surface area contributed by atoms with Gasteiger partial charge in [0.05, 0.1) is 11.8 Å².